The SMILES string of the molecule is CCC(=O)C1(c2ccsc2-c2ccccc2)CCN(CCCC(=O)c2ccc(F)cc2)CC1.O=C(O)C(=O)O. The highest BCUT2D eigenvalue weighted by atomic mass is 32.1. The van der Waals surface area contributed by atoms with E-state index in [4.69, 9.17) is 19.8 Å². The Morgan fingerprint density at radius 3 is 2.10 bits per heavy atom. The summed E-state index contributed by atoms with van der Waals surface area (Å²) in [5, 5.41) is 16.9. The second kappa shape index (κ2) is 13.9. The number of carboxylic acid groups (broad SMARTS) is 2. The van der Waals surface area contributed by atoms with Gasteiger partial charge in [-0.2, -0.15) is 0 Å². The predicted octanol–water partition coefficient (Wildman–Crippen LogP) is 5.69. The zero-order chi connectivity index (χ0) is 28.4. The normalized spacial score (nSPS) is 14.6. The summed E-state index contributed by atoms with van der Waals surface area (Å²) in [6.07, 6.45) is 3.36. The molecule has 1 aliphatic rings. The van der Waals surface area contributed by atoms with Crippen LogP contribution in [0, 0.1) is 5.82 Å². The number of nitrogens with zero attached hydrogens (tertiary/aromatic N) is 1. The van der Waals surface area contributed by atoms with E-state index in [0.717, 1.165) is 38.9 Å². The van der Waals surface area contributed by atoms with Gasteiger partial charge >= 0.3 is 11.9 Å². The Morgan fingerprint density at radius 1 is 0.923 bits per heavy atom. The van der Waals surface area contributed by atoms with Crippen LogP contribution >= 0.6 is 11.3 Å². The number of carboxylic acids is 2. The van der Waals surface area contributed by atoms with E-state index in [0.29, 0.717) is 24.2 Å². The molecule has 39 heavy (non-hydrogen) atoms. The Balaban J connectivity index is 0.000000631. The van der Waals surface area contributed by atoms with Crippen LogP contribution in [-0.2, 0) is 19.8 Å². The van der Waals surface area contributed by atoms with Gasteiger partial charge in [0.15, 0.2) is 5.78 Å². The third-order valence-electron chi connectivity index (χ3n) is 7.01. The van der Waals surface area contributed by atoms with Gasteiger partial charge in [0.25, 0.3) is 0 Å². The summed E-state index contributed by atoms with van der Waals surface area (Å²) < 4.78 is 13.1. The van der Waals surface area contributed by atoms with Crippen LogP contribution in [0.5, 0.6) is 0 Å². The van der Waals surface area contributed by atoms with E-state index in [-0.39, 0.29) is 11.6 Å². The first-order chi connectivity index (χ1) is 18.7. The molecule has 0 saturated carbocycles. The maximum absolute atomic E-state index is 13.3. The number of carbonyl (C=O) groups excluding carboxylic acids is 2. The fourth-order valence-electron chi connectivity index (χ4n) is 4.94. The molecule has 0 radical (unpaired) electrons. The number of aliphatic carboxylic acids is 2. The molecule has 9 heteroatoms. The summed E-state index contributed by atoms with van der Waals surface area (Å²) in [4.78, 5) is 47.4. The van der Waals surface area contributed by atoms with Gasteiger partial charge in [-0.3, -0.25) is 9.59 Å². The van der Waals surface area contributed by atoms with E-state index >= 15 is 0 Å². The third-order valence-corrected chi connectivity index (χ3v) is 7.97. The van der Waals surface area contributed by atoms with Crippen molar-refractivity contribution in [1.29, 1.82) is 0 Å². The molecule has 0 bridgehead atoms. The quantitative estimate of drug-likeness (QED) is 0.259. The fraction of sp³-hybridized carbons (Fsp3) is 0.333. The number of benzene rings is 2. The molecule has 0 atom stereocenters. The highest BCUT2D eigenvalue weighted by Crippen LogP contribution is 2.44. The van der Waals surface area contributed by atoms with Crippen LogP contribution in [-0.4, -0.2) is 58.3 Å². The minimum atomic E-state index is -1.82. The Morgan fingerprint density at radius 2 is 1.54 bits per heavy atom. The van der Waals surface area contributed by atoms with Crippen molar-refractivity contribution in [3.8, 4) is 10.4 Å². The summed E-state index contributed by atoms with van der Waals surface area (Å²) in [6.45, 7) is 4.49. The largest absolute Gasteiger partial charge is 0.473 e. The monoisotopic (exact) mass is 553 g/mol. The first-order valence-electron chi connectivity index (χ1n) is 12.8. The standard InChI is InChI=1S/C28H30FNO2S.C2H2O4/c1-2-26(32)28(24-14-20-33-27(24)22-7-4-3-5-8-22)15-18-30(19-16-28)17-6-9-25(31)21-10-12-23(29)13-11-21;3-1(4)2(5)6/h3-5,7-8,10-14,20H,2,6,9,15-19H2,1H3;(H,3,4)(H,5,6). The van der Waals surface area contributed by atoms with Gasteiger partial charge in [-0.1, -0.05) is 37.3 Å². The van der Waals surface area contributed by atoms with Gasteiger partial charge in [-0.25, -0.2) is 14.0 Å². The Hall–Kier alpha value is -3.69. The molecule has 1 fully saturated rings. The number of Topliss-reactive ketones (excluding diaryl/α,β-unsaturated/α-hetero) is 2. The number of thiophene rings is 1. The first kappa shape index (κ1) is 29.9. The van der Waals surface area contributed by atoms with Crippen molar-refractivity contribution in [3.63, 3.8) is 0 Å². The molecule has 4 rings (SSSR count). The second-order valence-electron chi connectivity index (χ2n) is 9.37. The molecule has 0 aliphatic carbocycles. The minimum absolute atomic E-state index is 0.0493. The van der Waals surface area contributed by atoms with Gasteiger partial charge in [0.2, 0.25) is 0 Å². The molecular formula is C30H32FNO6S. The van der Waals surface area contributed by atoms with Crippen LogP contribution in [0.15, 0.2) is 66.0 Å². The van der Waals surface area contributed by atoms with Gasteiger partial charge in [-0.05, 0) is 85.7 Å². The minimum Gasteiger partial charge on any atom is -0.473 e. The topological polar surface area (TPSA) is 112 Å². The number of hydrogen-bond acceptors (Lipinski definition) is 6. The molecule has 0 unspecified atom stereocenters. The average Bonchev–Trinajstić information content (AvgIpc) is 3.45. The summed E-state index contributed by atoms with van der Waals surface area (Å²) in [7, 11) is 0. The summed E-state index contributed by atoms with van der Waals surface area (Å²) in [5.74, 6) is -3.60. The van der Waals surface area contributed by atoms with Crippen LogP contribution in [0.3, 0.4) is 0 Å². The lowest BCUT2D eigenvalue weighted by atomic mass is 9.68. The molecule has 7 nitrogen and oxygen atoms in total. The number of carbonyl (C=O) groups is 4. The van der Waals surface area contributed by atoms with E-state index < -0.39 is 17.4 Å². The van der Waals surface area contributed by atoms with Crippen LogP contribution in [0.25, 0.3) is 10.4 Å². The highest BCUT2D eigenvalue weighted by Gasteiger charge is 2.43. The molecule has 2 N–H and O–H groups in total. The molecule has 1 aliphatic heterocycles. The summed E-state index contributed by atoms with van der Waals surface area (Å²) in [5.41, 5.74) is 2.48. The zero-order valence-electron chi connectivity index (χ0n) is 21.8. The van der Waals surface area contributed by atoms with Crippen LogP contribution < -0.4 is 0 Å². The van der Waals surface area contributed by atoms with E-state index in [1.165, 1.54) is 28.1 Å². The molecule has 0 spiro atoms. The van der Waals surface area contributed by atoms with E-state index in [2.05, 4.69) is 28.5 Å². The molecule has 1 aromatic heterocycles. The number of halogens is 1. The Kier molecular flexibility index (Phi) is 10.7. The van der Waals surface area contributed by atoms with Crippen LogP contribution in [0.4, 0.5) is 4.39 Å². The highest BCUT2D eigenvalue weighted by molar-refractivity contribution is 7.13. The molecular weight excluding hydrogens is 521 g/mol. The van der Waals surface area contributed by atoms with Crippen molar-refractivity contribution in [2.45, 2.75) is 44.4 Å². The molecule has 2 aromatic carbocycles. The predicted molar refractivity (Wildman–Crippen MR) is 148 cm³/mol. The number of likely N-dealkylation sites (tertiary alicyclic amines) is 1. The van der Waals surface area contributed by atoms with Crippen molar-refractivity contribution < 1.29 is 33.8 Å². The first-order valence-corrected chi connectivity index (χ1v) is 13.7. The molecule has 2 heterocycles. The zero-order valence-corrected chi connectivity index (χ0v) is 22.6. The van der Waals surface area contributed by atoms with Crippen molar-refractivity contribution in [1.82, 2.24) is 4.90 Å². The molecule has 1 saturated heterocycles. The summed E-state index contributed by atoms with van der Waals surface area (Å²) >= 11 is 1.71. The third kappa shape index (κ3) is 7.68. The van der Waals surface area contributed by atoms with Crippen LogP contribution in [0.1, 0.15) is 54.9 Å². The maximum atomic E-state index is 13.3. The Bertz CT molecular complexity index is 1270. The van der Waals surface area contributed by atoms with Gasteiger partial charge in [0.05, 0.1) is 5.41 Å². The smallest absolute Gasteiger partial charge is 0.414 e. The Labute approximate surface area is 230 Å². The number of piperidine rings is 1. The van der Waals surface area contributed by atoms with Gasteiger partial charge in [0, 0.05) is 23.3 Å². The second-order valence-corrected chi connectivity index (χ2v) is 10.3. The lowest BCUT2D eigenvalue weighted by Gasteiger charge is -2.41. The maximum Gasteiger partial charge on any atom is 0.414 e. The fourth-order valence-corrected chi connectivity index (χ4v) is 5.94. The van der Waals surface area contributed by atoms with Gasteiger partial charge in [-0.15, -0.1) is 11.3 Å². The number of hydrogen-bond donors (Lipinski definition) is 2. The van der Waals surface area contributed by atoms with Crippen molar-refractivity contribution >= 4 is 34.8 Å². The molecule has 3 aromatic rings. The lowest BCUT2D eigenvalue weighted by molar-refractivity contribution is -0.159. The van der Waals surface area contributed by atoms with Gasteiger partial charge < -0.3 is 15.1 Å². The van der Waals surface area contributed by atoms with Crippen LogP contribution in [0.2, 0.25) is 0 Å². The van der Waals surface area contributed by atoms with E-state index in [1.807, 2.05) is 25.1 Å². The van der Waals surface area contributed by atoms with E-state index in [9.17, 15) is 14.0 Å². The average molecular weight is 554 g/mol. The van der Waals surface area contributed by atoms with Gasteiger partial charge in [0.1, 0.15) is 11.6 Å². The number of ketones is 2. The summed E-state index contributed by atoms with van der Waals surface area (Å²) in [6, 6.07) is 18.3. The number of rotatable bonds is 9. The molecule has 206 valence electrons. The van der Waals surface area contributed by atoms with Crippen molar-refractivity contribution in [2.75, 3.05) is 19.6 Å². The lowest BCUT2D eigenvalue weighted by Crippen LogP contribution is -2.47. The molecule has 0 amide bonds. The van der Waals surface area contributed by atoms with E-state index in [1.54, 1.807) is 23.5 Å². The van der Waals surface area contributed by atoms with Crippen molar-refractivity contribution in [2.24, 2.45) is 0 Å². The van der Waals surface area contributed by atoms with Crippen molar-refractivity contribution in [3.05, 3.63) is 83.0 Å².